The molecule has 1 heterocycles. The van der Waals surface area contributed by atoms with Crippen molar-refractivity contribution in [3.63, 3.8) is 0 Å². The van der Waals surface area contributed by atoms with Crippen molar-refractivity contribution in [3.05, 3.63) is 60.4 Å². The van der Waals surface area contributed by atoms with Crippen LogP contribution in [0, 0.1) is 6.92 Å². The Labute approximate surface area is 140 Å². The summed E-state index contributed by atoms with van der Waals surface area (Å²) in [5.41, 5.74) is 8.46. The molecule has 0 aliphatic heterocycles. The van der Waals surface area contributed by atoms with Crippen molar-refractivity contribution < 1.29 is 9.47 Å². The van der Waals surface area contributed by atoms with E-state index in [4.69, 9.17) is 15.2 Å². The van der Waals surface area contributed by atoms with Crippen LogP contribution in [-0.4, -0.2) is 17.1 Å². The minimum Gasteiger partial charge on any atom is -0.497 e. The Morgan fingerprint density at radius 1 is 0.917 bits per heavy atom. The quantitative estimate of drug-likeness (QED) is 0.741. The third-order valence-corrected chi connectivity index (χ3v) is 3.44. The zero-order valence-corrected chi connectivity index (χ0v) is 13.5. The third kappa shape index (κ3) is 3.55. The number of nitrogens with one attached hydrogen (secondary N) is 1. The first-order chi connectivity index (χ1) is 11.7. The number of aromatic nitrogens is 2. The minimum atomic E-state index is 0.310. The molecule has 0 amide bonds. The van der Waals surface area contributed by atoms with Crippen LogP contribution in [0.5, 0.6) is 17.4 Å². The molecule has 1 aromatic heterocycles. The van der Waals surface area contributed by atoms with Crippen LogP contribution in [0.2, 0.25) is 0 Å². The Morgan fingerprint density at radius 2 is 1.58 bits per heavy atom. The largest absolute Gasteiger partial charge is 0.497 e. The lowest BCUT2D eigenvalue weighted by molar-refractivity contribution is 0.415. The Balaban J connectivity index is 1.80. The van der Waals surface area contributed by atoms with Crippen molar-refractivity contribution in [2.75, 3.05) is 18.2 Å². The Hall–Kier alpha value is -3.28. The molecule has 3 N–H and O–H groups in total. The summed E-state index contributed by atoms with van der Waals surface area (Å²) in [6.45, 7) is 2.01. The monoisotopic (exact) mass is 322 g/mol. The van der Waals surface area contributed by atoms with E-state index in [9.17, 15) is 0 Å². The highest BCUT2D eigenvalue weighted by Gasteiger charge is 2.10. The molecule has 24 heavy (non-hydrogen) atoms. The van der Waals surface area contributed by atoms with Crippen LogP contribution in [0.25, 0.3) is 0 Å². The molecule has 0 unspecified atom stereocenters. The molecule has 3 rings (SSSR count). The average Bonchev–Trinajstić information content (AvgIpc) is 2.61. The van der Waals surface area contributed by atoms with Gasteiger partial charge in [0.2, 0.25) is 5.88 Å². The van der Waals surface area contributed by atoms with Crippen LogP contribution in [0.1, 0.15) is 5.56 Å². The van der Waals surface area contributed by atoms with Gasteiger partial charge in [0.1, 0.15) is 23.5 Å². The molecule has 122 valence electrons. The van der Waals surface area contributed by atoms with Crippen molar-refractivity contribution >= 4 is 17.2 Å². The number of hydrogen-bond acceptors (Lipinski definition) is 6. The summed E-state index contributed by atoms with van der Waals surface area (Å²) in [5, 5.41) is 3.15. The van der Waals surface area contributed by atoms with Gasteiger partial charge in [-0.25, -0.2) is 4.98 Å². The van der Waals surface area contributed by atoms with E-state index >= 15 is 0 Å². The summed E-state index contributed by atoms with van der Waals surface area (Å²) in [6.07, 6.45) is 1.41. The summed E-state index contributed by atoms with van der Waals surface area (Å²) >= 11 is 0. The first-order valence-electron chi connectivity index (χ1n) is 7.42. The molecule has 0 aliphatic carbocycles. The van der Waals surface area contributed by atoms with E-state index in [0.29, 0.717) is 23.1 Å². The van der Waals surface area contributed by atoms with E-state index in [1.165, 1.54) is 6.33 Å². The smallest absolute Gasteiger partial charge is 0.248 e. The van der Waals surface area contributed by atoms with Gasteiger partial charge < -0.3 is 20.5 Å². The molecule has 0 fully saturated rings. The number of benzene rings is 2. The summed E-state index contributed by atoms with van der Waals surface area (Å²) in [7, 11) is 1.62. The minimum absolute atomic E-state index is 0.310. The van der Waals surface area contributed by atoms with Crippen molar-refractivity contribution in [2.24, 2.45) is 0 Å². The number of rotatable bonds is 5. The lowest BCUT2D eigenvalue weighted by Crippen LogP contribution is -2.03. The number of aryl methyl sites for hydroxylation is 1. The molecule has 0 bridgehead atoms. The number of nitrogen functional groups attached to an aromatic ring is 1. The third-order valence-electron chi connectivity index (χ3n) is 3.44. The maximum atomic E-state index is 6.13. The molecule has 3 aromatic rings. The first kappa shape index (κ1) is 15.6. The molecular formula is C18H18N4O2. The molecule has 0 saturated heterocycles. The van der Waals surface area contributed by atoms with Crippen molar-refractivity contribution in [1.29, 1.82) is 0 Å². The second-order valence-corrected chi connectivity index (χ2v) is 5.21. The van der Waals surface area contributed by atoms with Crippen molar-refractivity contribution in [2.45, 2.75) is 6.92 Å². The van der Waals surface area contributed by atoms with E-state index in [1.807, 2.05) is 55.5 Å². The number of methoxy groups -OCH3 is 1. The Kier molecular flexibility index (Phi) is 4.47. The standard InChI is InChI=1S/C18H18N4O2/c1-12-3-7-15(8-4-12)24-18-16(19)17(20-11-21-18)22-13-5-9-14(23-2)10-6-13/h3-11H,19H2,1-2H3,(H,20,21,22). The lowest BCUT2D eigenvalue weighted by atomic mass is 10.2. The zero-order chi connectivity index (χ0) is 16.9. The maximum Gasteiger partial charge on any atom is 0.248 e. The fourth-order valence-electron chi connectivity index (χ4n) is 2.09. The second kappa shape index (κ2) is 6.87. The summed E-state index contributed by atoms with van der Waals surface area (Å²) in [4.78, 5) is 8.28. The maximum absolute atomic E-state index is 6.13. The van der Waals surface area contributed by atoms with E-state index in [-0.39, 0.29) is 0 Å². The molecule has 0 aliphatic rings. The van der Waals surface area contributed by atoms with Crippen LogP contribution < -0.4 is 20.5 Å². The molecule has 2 aromatic carbocycles. The predicted octanol–water partition coefficient (Wildman–Crippen LogP) is 3.91. The predicted molar refractivity (Wildman–Crippen MR) is 94.0 cm³/mol. The summed E-state index contributed by atoms with van der Waals surface area (Å²) in [5.74, 6) is 2.24. The molecule has 6 heteroatoms. The first-order valence-corrected chi connectivity index (χ1v) is 7.42. The number of anilines is 3. The van der Waals surface area contributed by atoms with E-state index in [0.717, 1.165) is 17.0 Å². The lowest BCUT2D eigenvalue weighted by Gasteiger charge is -2.12. The summed E-state index contributed by atoms with van der Waals surface area (Å²) in [6, 6.07) is 15.1. The molecular weight excluding hydrogens is 304 g/mol. The molecule has 0 saturated carbocycles. The van der Waals surface area contributed by atoms with Crippen LogP contribution in [0.3, 0.4) is 0 Å². The molecule has 0 radical (unpaired) electrons. The van der Waals surface area contributed by atoms with Gasteiger partial charge in [0.25, 0.3) is 0 Å². The number of nitrogens with zero attached hydrogens (tertiary/aromatic N) is 2. The highest BCUT2D eigenvalue weighted by atomic mass is 16.5. The normalized spacial score (nSPS) is 10.2. The Bertz CT molecular complexity index is 817. The second-order valence-electron chi connectivity index (χ2n) is 5.21. The van der Waals surface area contributed by atoms with E-state index in [1.54, 1.807) is 7.11 Å². The highest BCUT2D eigenvalue weighted by molar-refractivity contribution is 5.72. The fraction of sp³-hybridized carbons (Fsp3) is 0.111. The van der Waals surface area contributed by atoms with Gasteiger partial charge in [0.15, 0.2) is 5.82 Å². The van der Waals surface area contributed by atoms with Crippen LogP contribution in [-0.2, 0) is 0 Å². The van der Waals surface area contributed by atoms with Gasteiger partial charge in [-0.3, -0.25) is 0 Å². The van der Waals surface area contributed by atoms with Gasteiger partial charge in [-0.1, -0.05) is 17.7 Å². The number of nitrogens with two attached hydrogens (primary N) is 1. The van der Waals surface area contributed by atoms with Crippen LogP contribution >= 0.6 is 0 Å². The van der Waals surface area contributed by atoms with Gasteiger partial charge in [-0.05, 0) is 43.3 Å². The average molecular weight is 322 g/mol. The number of ether oxygens (including phenoxy) is 2. The van der Waals surface area contributed by atoms with Gasteiger partial charge in [0.05, 0.1) is 7.11 Å². The van der Waals surface area contributed by atoms with E-state index < -0.39 is 0 Å². The molecule has 0 spiro atoms. The highest BCUT2D eigenvalue weighted by Crippen LogP contribution is 2.31. The van der Waals surface area contributed by atoms with Crippen LogP contribution in [0.15, 0.2) is 54.9 Å². The number of hydrogen-bond donors (Lipinski definition) is 2. The van der Waals surface area contributed by atoms with Gasteiger partial charge in [-0.15, -0.1) is 0 Å². The fourth-order valence-corrected chi connectivity index (χ4v) is 2.09. The van der Waals surface area contributed by atoms with E-state index in [2.05, 4.69) is 15.3 Å². The van der Waals surface area contributed by atoms with Crippen molar-refractivity contribution in [3.8, 4) is 17.4 Å². The van der Waals surface area contributed by atoms with Gasteiger partial charge >= 0.3 is 0 Å². The van der Waals surface area contributed by atoms with Crippen LogP contribution in [0.4, 0.5) is 17.2 Å². The molecule has 6 nitrogen and oxygen atoms in total. The van der Waals surface area contributed by atoms with Gasteiger partial charge in [-0.2, -0.15) is 4.98 Å². The van der Waals surface area contributed by atoms with Crippen molar-refractivity contribution in [1.82, 2.24) is 9.97 Å². The summed E-state index contributed by atoms with van der Waals surface area (Å²) < 4.78 is 10.9. The van der Waals surface area contributed by atoms with Gasteiger partial charge in [0, 0.05) is 5.69 Å². The SMILES string of the molecule is COc1ccc(Nc2ncnc(Oc3ccc(C)cc3)c2N)cc1. The Morgan fingerprint density at radius 3 is 2.25 bits per heavy atom. The topological polar surface area (TPSA) is 82.3 Å². The zero-order valence-electron chi connectivity index (χ0n) is 13.5. The molecule has 0 atom stereocenters.